The Hall–Kier alpha value is -2.14. The molecule has 0 aliphatic heterocycles. The Bertz CT molecular complexity index is 613. The van der Waals surface area contributed by atoms with Crippen molar-refractivity contribution in [1.82, 2.24) is 4.98 Å². The second-order valence-corrected chi connectivity index (χ2v) is 4.71. The van der Waals surface area contributed by atoms with Crippen molar-refractivity contribution in [3.05, 3.63) is 36.0 Å². The van der Waals surface area contributed by atoms with Crippen LogP contribution in [0.15, 0.2) is 30.3 Å². The molecule has 5 nitrogen and oxygen atoms in total. The minimum atomic E-state index is -1.02. The highest BCUT2D eigenvalue weighted by Crippen LogP contribution is 2.23. The normalized spacial score (nSPS) is 12.3. The van der Waals surface area contributed by atoms with Gasteiger partial charge in [-0.25, -0.2) is 9.78 Å². The first-order valence-corrected chi connectivity index (χ1v) is 6.50. The number of nitrogens with zero attached hydrogens (tertiary/aromatic N) is 1. The van der Waals surface area contributed by atoms with Gasteiger partial charge < -0.3 is 15.2 Å². The lowest BCUT2D eigenvalue weighted by molar-refractivity contribution is 0.0691. The smallest absolute Gasteiger partial charge is 0.354 e. The van der Waals surface area contributed by atoms with E-state index in [2.05, 4.69) is 10.3 Å². The van der Waals surface area contributed by atoms with Gasteiger partial charge in [0.15, 0.2) is 5.69 Å². The third-order valence-electron chi connectivity index (χ3n) is 3.10. The zero-order chi connectivity index (χ0) is 14.5. The fourth-order valence-corrected chi connectivity index (χ4v) is 2.02. The third kappa shape index (κ3) is 3.24. The number of hydrogen-bond acceptors (Lipinski definition) is 4. The first kappa shape index (κ1) is 14.3. The summed E-state index contributed by atoms with van der Waals surface area (Å²) in [6.45, 7) is 2.66. The van der Waals surface area contributed by atoms with Gasteiger partial charge in [-0.1, -0.05) is 24.3 Å². The number of carboxylic acids is 1. The van der Waals surface area contributed by atoms with Crippen LogP contribution >= 0.6 is 0 Å². The van der Waals surface area contributed by atoms with E-state index >= 15 is 0 Å². The largest absolute Gasteiger partial charge is 0.477 e. The fourth-order valence-electron chi connectivity index (χ4n) is 2.02. The lowest BCUT2D eigenvalue weighted by atomic mass is 10.1. The van der Waals surface area contributed by atoms with Gasteiger partial charge >= 0.3 is 5.97 Å². The number of nitrogens with one attached hydrogen (secondary N) is 1. The molecule has 2 N–H and O–H groups in total. The molecule has 1 aromatic heterocycles. The lowest BCUT2D eigenvalue weighted by Gasteiger charge is -2.16. The number of carboxylic acid groups (broad SMARTS) is 1. The Morgan fingerprint density at radius 3 is 2.90 bits per heavy atom. The van der Waals surface area contributed by atoms with Crippen molar-refractivity contribution in [3.63, 3.8) is 0 Å². The molecular formula is C15H18N2O3. The molecule has 20 heavy (non-hydrogen) atoms. The molecule has 1 heterocycles. The van der Waals surface area contributed by atoms with Crippen LogP contribution in [0.1, 0.15) is 23.8 Å². The number of anilines is 1. The van der Waals surface area contributed by atoms with E-state index in [1.165, 1.54) is 0 Å². The number of methoxy groups -OCH3 is 1. The lowest BCUT2D eigenvalue weighted by Crippen LogP contribution is -2.19. The number of fused-ring (bicyclic) bond motifs is 1. The molecular weight excluding hydrogens is 256 g/mol. The van der Waals surface area contributed by atoms with Gasteiger partial charge in [-0.15, -0.1) is 0 Å². The third-order valence-corrected chi connectivity index (χ3v) is 3.10. The number of aromatic nitrogens is 1. The highest BCUT2D eigenvalue weighted by atomic mass is 16.5. The summed E-state index contributed by atoms with van der Waals surface area (Å²) in [5.74, 6) is -0.424. The maximum atomic E-state index is 11.1. The van der Waals surface area contributed by atoms with E-state index in [0.29, 0.717) is 12.4 Å². The van der Waals surface area contributed by atoms with Gasteiger partial charge in [0.05, 0.1) is 0 Å². The Morgan fingerprint density at radius 1 is 1.45 bits per heavy atom. The molecule has 5 heteroatoms. The van der Waals surface area contributed by atoms with Crippen LogP contribution in [0, 0.1) is 0 Å². The van der Waals surface area contributed by atoms with Crippen LogP contribution < -0.4 is 5.32 Å². The Balaban J connectivity index is 2.37. The number of hydrogen-bond donors (Lipinski definition) is 2. The molecule has 0 fully saturated rings. The zero-order valence-electron chi connectivity index (χ0n) is 11.6. The molecule has 0 bridgehead atoms. The minimum Gasteiger partial charge on any atom is -0.477 e. The molecule has 0 amide bonds. The summed E-state index contributed by atoms with van der Waals surface area (Å²) >= 11 is 0. The highest BCUT2D eigenvalue weighted by Gasteiger charge is 2.12. The molecule has 0 saturated carbocycles. The van der Waals surface area contributed by atoms with Gasteiger partial charge in [0.2, 0.25) is 0 Å². The maximum absolute atomic E-state index is 11.1. The number of benzene rings is 1. The van der Waals surface area contributed by atoms with Gasteiger partial charge in [0.1, 0.15) is 5.82 Å². The van der Waals surface area contributed by atoms with Crippen LogP contribution in [0.2, 0.25) is 0 Å². The summed E-state index contributed by atoms with van der Waals surface area (Å²) in [5, 5.41) is 14.2. The van der Waals surface area contributed by atoms with Crippen molar-refractivity contribution in [2.45, 2.75) is 19.4 Å². The number of aromatic carboxylic acids is 1. The number of pyridine rings is 1. The maximum Gasteiger partial charge on any atom is 0.354 e. The van der Waals surface area contributed by atoms with Gasteiger partial charge in [-0.2, -0.15) is 0 Å². The van der Waals surface area contributed by atoms with Gasteiger partial charge in [0.25, 0.3) is 0 Å². The summed E-state index contributed by atoms with van der Waals surface area (Å²) in [6.07, 6.45) is 0.823. The van der Waals surface area contributed by atoms with E-state index in [0.717, 1.165) is 17.2 Å². The van der Waals surface area contributed by atoms with Crippen molar-refractivity contribution < 1.29 is 14.6 Å². The van der Waals surface area contributed by atoms with Gasteiger partial charge in [-0.3, -0.25) is 0 Å². The molecule has 0 aliphatic carbocycles. The zero-order valence-corrected chi connectivity index (χ0v) is 11.6. The SMILES string of the molecule is COCCC(C)Nc1nc(C(=O)O)cc2ccccc12. The standard InChI is InChI=1S/C15H18N2O3/c1-10(7-8-20-2)16-14-12-6-4-3-5-11(12)9-13(17-14)15(18)19/h3-6,9-10H,7-8H2,1-2H3,(H,16,17)(H,18,19). The van der Waals surface area contributed by atoms with Crippen molar-refractivity contribution >= 4 is 22.6 Å². The molecule has 2 rings (SSSR count). The fraction of sp³-hybridized carbons (Fsp3) is 0.333. The second kappa shape index (κ2) is 6.34. The molecule has 0 spiro atoms. The van der Waals surface area contributed by atoms with Crippen LogP contribution in [0.4, 0.5) is 5.82 Å². The topological polar surface area (TPSA) is 71.5 Å². The molecule has 0 radical (unpaired) electrons. The second-order valence-electron chi connectivity index (χ2n) is 4.71. The Morgan fingerprint density at radius 2 is 2.20 bits per heavy atom. The summed E-state index contributed by atoms with van der Waals surface area (Å²) < 4.78 is 5.05. The predicted octanol–water partition coefficient (Wildman–Crippen LogP) is 2.77. The summed E-state index contributed by atoms with van der Waals surface area (Å²) in [6, 6.07) is 9.34. The van der Waals surface area contributed by atoms with Crippen LogP contribution in [-0.2, 0) is 4.74 Å². The van der Waals surface area contributed by atoms with E-state index in [1.54, 1.807) is 13.2 Å². The molecule has 106 valence electrons. The van der Waals surface area contributed by atoms with Gasteiger partial charge in [0, 0.05) is 25.1 Å². The first-order chi connectivity index (χ1) is 9.61. The molecule has 0 aliphatic rings. The summed E-state index contributed by atoms with van der Waals surface area (Å²) in [4.78, 5) is 15.3. The van der Waals surface area contributed by atoms with Gasteiger partial charge in [-0.05, 0) is 24.8 Å². The molecule has 1 unspecified atom stereocenters. The predicted molar refractivity (Wildman–Crippen MR) is 78.3 cm³/mol. The van der Waals surface area contributed by atoms with Crippen LogP contribution in [0.3, 0.4) is 0 Å². The highest BCUT2D eigenvalue weighted by molar-refractivity contribution is 5.97. The molecule has 1 aromatic carbocycles. The van der Waals surface area contributed by atoms with E-state index in [-0.39, 0.29) is 11.7 Å². The van der Waals surface area contributed by atoms with E-state index < -0.39 is 5.97 Å². The van der Waals surface area contributed by atoms with Crippen molar-refractivity contribution in [3.8, 4) is 0 Å². The van der Waals surface area contributed by atoms with Crippen molar-refractivity contribution in [2.24, 2.45) is 0 Å². The average Bonchev–Trinajstić information content (AvgIpc) is 2.44. The average molecular weight is 274 g/mol. The van der Waals surface area contributed by atoms with Crippen molar-refractivity contribution in [2.75, 3.05) is 19.0 Å². The monoisotopic (exact) mass is 274 g/mol. The Labute approximate surface area is 117 Å². The first-order valence-electron chi connectivity index (χ1n) is 6.50. The summed E-state index contributed by atoms with van der Waals surface area (Å²) in [5.41, 5.74) is 0.0464. The molecule has 2 aromatic rings. The van der Waals surface area contributed by atoms with Crippen LogP contribution in [0.25, 0.3) is 10.8 Å². The number of rotatable bonds is 6. The van der Waals surface area contributed by atoms with E-state index in [1.807, 2.05) is 31.2 Å². The summed E-state index contributed by atoms with van der Waals surface area (Å²) in [7, 11) is 1.66. The molecule has 1 atom stereocenters. The van der Waals surface area contributed by atoms with Crippen molar-refractivity contribution in [1.29, 1.82) is 0 Å². The quantitative estimate of drug-likeness (QED) is 0.847. The van der Waals surface area contributed by atoms with Crippen LogP contribution in [-0.4, -0.2) is 35.8 Å². The van der Waals surface area contributed by atoms with Crippen LogP contribution in [0.5, 0.6) is 0 Å². The number of ether oxygens (including phenoxy) is 1. The minimum absolute atomic E-state index is 0.0464. The molecule has 0 saturated heterocycles. The number of carbonyl (C=O) groups is 1. The van der Waals surface area contributed by atoms with E-state index in [4.69, 9.17) is 9.84 Å². The Kier molecular flexibility index (Phi) is 4.53. The van der Waals surface area contributed by atoms with E-state index in [9.17, 15) is 4.79 Å².